The van der Waals surface area contributed by atoms with Crippen molar-refractivity contribution in [2.75, 3.05) is 31.5 Å². The number of hydrogen-bond acceptors (Lipinski definition) is 3. The highest BCUT2D eigenvalue weighted by Gasteiger charge is 2.25. The van der Waals surface area contributed by atoms with Gasteiger partial charge in [0.2, 0.25) is 11.8 Å². The van der Waals surface area contributed by atoms with Gasteiger partial charge >= 0.3 is 0 Å². The number of rotatable bonds is 6. The summed E-state index contributed by atoms with van der Waals surface area (Å²) >= 11 is 0. The summed E-state index contributed by atoms with van der Waals surface area (Å²) in [7, 11) is 0. The summed E-state index contributed by atoms with van der Waals surface area (Å²) in [5.74, 6) is -0.369. The first-order chi connectivity index (χ1) is 11.1. The number of nitrogens with zero attached hydrogens (tertiary/aromatic N) is 1. The predicted molar refractivity (Wildman–Crippen MR) is 87.5 cm³/mol. The Hall–Kier alpha value is -1.95. The molecule has 0 aromatic heterocycles. The third-order valence-corrected chi connectivity index (χ3v) is 3.98. The number of piperidine rings is 1. The fourth-order valence-corrected chi connectivity index (χ4v) is 2.72. The number of anilines is 1. The van der Waals surface area contributed by atoms with Crippen molar-refractivity contribution < 1.29 is 14.0 Å². The summed E-state index contributed by atoms with van der Waals surface area (Å²) in [6.45, 7) is 4.45. The minimum Gasteiger partial charge on any atom is -0.356 e. The summed E-state index contributed by atoms with van der Waals surface area (Å²) in [6, 6.07) is 5.85. The van der Waals surface area contributed by atoms with Gasteiger partial charge in [-0.2, -0.15) is 0 Å². The highest BCUT2D eigenvalue weighted by Crippen LogP contribution is 2.17. The maximum atomic E-state index is 13.1. The van der Waals surface area contributed by atoms with Gasteiger partial charge < -0.3 is 10.6 Å². The molecule has 1 saturated heterocycles. The highest BCUT2D eigenvalue weighted by atomic mass is 19.1. The second-order valence-electron chi connectivity index (χ2n) is 5.90. The number of nitrogens with one attached hydrogen (secondary N) is 2. The first-order valence-electron chi connectivity index (χ1n) is 8.14. The van der Waals surface area contributed by atoms with Crippen LogP contribution in [0.25, 0.3) is 0 Å². The fourth-order valence-electron chi connectivity index (χ4n) is 2.72. The van der Waals surface area contributed by atoms with E-state index in [1.165, 1.54) is 12.1 Å². The van der Waals surface area contributed by atoms with E-state index in [9.17, 15) is 14.0 Å². The average Bonchev–Trinajstić information content (AvgIpc) is 2.53. The van der Waals surface area contributed by atoms with Gasteiger partial charge in [-0.05, 0) is 50.6 Å². The minimum absolute atomic E-state index is 0.0454. The Morgan fingerprint density at radius 3 is 2.70 bits per heavy atom. The van der Waals surface area contributed by atoms with Crippen LogP contribution in [0.1, 0.15) is 26.2 Å². The van der Waals surface area contributed by atoms with Gasteiger partial charge in [0.05, 0.1) is 6.54 Å². The number of carbonyl (C=O) groups is 2. The van der Waals surface area contributed by atoms with Crippen molar-refractivity contribution in [3.05, 3.63) is 30.1 Å². The number of benzene rings is 1. The highest BCUT2D eigenvalue weighted by molar-refractivity contribution is 5.92. The van der Waals surface area contributed by atoms with Crippen LogP contribution in [0.2, 0.25) is 0 Å². The van der Waals surface area contributed by atoms with E-state index in [1.807, 2.05) is 11.8 Å². The van der Waals surface area contributed by atoms with Crippen molar-refractivity contribution in [2.24, 2.45) is 5.92 Å². The molecule has 0 radical (unpaired) electrons. The van der Waals surface area contributed by atoms with Crippen molar-refractivity contribution in [3.8, 4) is 0 Å². The number of amides is 2. The third-order valence-electron chi connectivity index (χ3n) is 3.98. The largest absolute Gasteiger partial charge is 0.356 e. The number of carbonyl (C=O) groups excluding carboxylic acids is 2. The molecular formula is C17H24FN3O2. The fraction of sp³-hybridized carbons (Fsp3) is 0.529. The Labute approximate surface area is 136 Å². The van der Waals surface area contributed by atoms with E-state index < -0.39 is 0 Å². The zero-order chi connectivity index (χ0) is 16.7. The smallest absolute Gasteiger partial charge is 0.238 e. The molecule has 0 aliphatic carbocycles. The van der Waals surface area contributed by atoms with E-state index >= 15 is 0 Å². The summed E-state index contributed by atoms with van der Waals surface area (Å²) in [4.78, 5) is 25.9. The molecule has 5 nitrogen and oxygen atoms in total. The number of halogens is 1. The monoisotopic (exact) mass is 321 g/mol. The van der Waals surface area contributed by atoms with Crippen LogP contribution in [0.4, 0.5) is 10.1 Å². The van der Waals surface area contributed by atoms with Crippen LogP contribution in [0.5, 0.6) is 0 Å². The molecule has 1 fully saturated rings. The predicted octanol–water partition coefficient (Wildman–Crippen LogP) is 2.00. The van der Waals surface area contributed by atoms with E-state index in [0.717, 1.165) is 38.9 Å². The van der Waals surface area contributed by atoms with Gasteiger partial charge in [0, 0.05) is 18.2 Å². The Morgan fingerprint density at radius 1 is 1.30 bits per heavy atom. The topological polar surface area (TPSA) is 61.4 Å². The summed E-state index contributed by atoms with van der Waals surface area (Å²) in [5.41, 5.74) is 0.462. The third kappa shape index (κ3) is 5.63. The second kappa shape index (κ2) is 8.62. The van der Waals surface area contributed by atoms with E-state index in [2.05, 4.69) is 10.6 Å². The SMILES string of the molecule is CCCNC(=O)C1CCN(CC(=O)Nc2cccc(F)c2)CC1. The molecule has 0 atom stereocenters. The molecule has 0 unspecified atom stereocenters. The average molecular weight is 321 g/mol. The molecule has 0 bridgehead atoms. The van der Waals surface area contributed by atoms with Crippen LogP contribution in [0, 0.1) is 11.7 Å². The Balaban J connectivity index is 1.73. The molecule has 0 spiro atoms. The molecule has 2 rings (SSSR count). The van der Waals surface area contributed by atoms with E-state index in [-0.39, 0.29) is 30.1 Å². The lowest BCUT2D eigenvalue weighted by atomic mass is 9.96. The zero-order valence-electron chi connectivity index (χ0n) is 13.5. The maximum Gasteiger partial charge on any atom is 0.238 e. The van der Waals surface area contributed by atoms with E-state index in [4.69, 9.17) is 0 Å². The second-order valence-corrected chi connectivity index (χ2v) is 5.90. The van der Waals surface area contributed by atoms with Gasteiger partial charge in [-0.1, -0.05) is 13.0 Å². The molecule has 2 amide bonds. The number of likely N-dealkylation sites (tertiary alicyclic amines) is 1. The van der Waals surface area contributed by atoms with Gasteiger partial charge in [0.25, 0.3) is 0 Å². The van der Waals surface area contributed by atoms with E-state index in [1.54, 1.807) is 12.1 Å². The molecule has 1 aromatic carbocycles. The van der Waals surface area contributed by atoms with Crippen molar-refractivity contribution in [1.29, 1.82) is 0 Å². The van der Waals surface area contributed by atoms with Crippen molar-refractivity contribution in [1.82, 2.24) is 10.2 Å². The summed E-state index contributed by atoms with van der Waals surface area (Å²) < 4.78 is 13.1. The van der Waals surface area contributed by atoms with Crippen LogP contribution >= 0.6 is 0 Å². The van der Waals surface area contributed by atoms with Gasteiger partial charge in [-0.3, -0.25) is 14.5 Å². The first kappa shape index (κ1) is 17.4. The molecular weight excluding hydrogens is 297 g/mol. The molecule has 1 aliphatic rings. The Bertz CT molecular complexity index is 542. The lowest BCUT2D eigenvalue weighted by Crippen LogP contribution is -2.43. The van der Waals surface area contributed by atoms with Gasteiger partial charge in [-0.15, -0.1) is 0 Å². The summed E-state index contributed by atoms with van der Waals surface area (Å²) in [6.07, 6.45) is 2.47. The Kier molecular flexibility index (Phi) is 6.52. The number of hydrogen-bond donors (Lipinski definition) is 2. The van der Waals surface area contributed by atoms with Crippen LogP contribution in [0.3, 0.4) is 0 Å². The molecule has 2 N–H and O–H groups in total. The Morgan fingerprint density at radius 2 is 2.04 bits per heavy atom. The van der Waals surface area contributed by atoms with Crippen molar-refractivity contribution in [3.63, 3.8) is 0 Å². The van der Waals surface area contributed by atoms with Crippen molar-refractivity contribution >= 4 is 17.5 Å². The molecule has 1 aliphatic heterocycles. The maximum absolute atomic E-state index is 13.1. The molecule has 1 aromatic rings. The molecule has 1 heterocycles. The van der Waals surface area contributed by atoms with Crippen LogP contribution in [-0.4, -0.2) is 42.9 Å². The molecule has 0 saturated carbocycles. The quantitative estimate of drug-likeness (QED) is 0.842. The lowest BCUT2D eigenvalue weighted by molar-refractivity contribution is -0.126. The van der Waals surface area contributed by atoms with Gasteiger partial charge in [0.1, 0.15) is 5.82 Å². The molecule has 23 heavy (non-hydrogen) atoms. The zero-order valence-corrected chi connectivity index (χ0v) is 13.5. The first-order valence-corrected chi connectivity index (χ1v) is 8.14. The lowest BCUT2D eigenvalue weighted by Gasteiger charge is -2.30. The van der Waals surface area contributed by atoms with Gasteiger partial charge in [0.15, 0.2) is 0 Å². The molecule has 6 heteroatoms. The van der Waals surface area contributed by atoms with E-state index in [0.29, 0.717) is 5.69 Å². The minimum atomic E-state index is -0.373. The standard InChI is InChI=1S/C17H24FN3O2/c1-2-8-19-17(23)13-6-9-21(10-7-13)12-16(22)20-15-5-3-4-14(18)11-15/h3-5,11,13H,2,6-10,12H2,1H3,(H,19,23)(H,20,22). The van der Waals surface area contributed by atoms with Crippen molar-refractivity contribution in [2.45, 2.75) is 26.2 Å². The van der Waals surface area contributed by atoms with Gasteiger partial charge in [-0.25, -0.2) is 4.39 Å². The van der Waals surface area contributed by atoms with Crippen LogP contribution < -0.4 is 10.6 Å². The summed E-state index contributed by atoms with van der Waals surface area (Å²) in [5, 5.41) is 5.62. The normalized spacial score (nSPS) is 16.1. The molecule has 126 valence electrons. The van der Waals surface area contributed by atoms with Crippen LogP contribution in [-0.2, 0) is 9.59 Å². The van der Waals surface area contributed by atoms with Crippen LogP contribution in [0.15, 0.2) is 24.3 Å².